The summed E-state index contributed by atoms with van der Waals surface area (Å²) in [7, 11) is 0. The first-order chi connectivity index (χ1) is 9.24. The Bertz CT molecular complexity index is 486. The van der Waals surface area contributed by atoms with E-state index < -0.39 is 0 Å². The van der Waals surface area contributed by atoms with E-state index in [0.717, 1.165) is 31.2 Å². The van der Waals surface area contributed by atoms with Crippen molar-refractivity contribution in [3.05, 3.63) is 29.3 Å². The molecule has 1 aromatic rings. The minimum Gasteiger partial charge on any atom is -0.456 e. The Hall–Kier alpha value is -1.55. The van der Waals surface area contributed by atoms with Crippen LogP contribution in [-0.2, 0) is 16.1 Å². The first-order valence-electron chi connectivity index (χ1n) is 6.95. The molecule has 19 heavy (non-hydrogen) atoms. The van der Waals surface area contributed by atoms with Crippen LogP contribution in [0.25, 0.3) is 0 Å². The van der Waals surface area contributed by atoms with Gasteiger partial charge in [-0.05, 0) is 43.0 Å². The number of hydrogen-bond acceptors (Lipinski definition) is 4. The molecule has 1 aliphatic carbocycles. The normalized spacial score (nSPS) is 27.3. The van der Waals surface area contributed by atoms with E-state index in [9.17, 15) is 4.79 Å². The molecule has 3 rings (SSSR count). The van der Waals surface area contributed by atoms with Crippen molar-refractivity contribution < 1.29 is 14.3 Å². The summed E-state index contributed by atoms with van der Waals surface area (Å²) in [5.74, 6) is -0.241. The van der Waals surface area contributed by atoms with Crippen LogP contribution < -0.4 is 5.73 Å². The number of ether oxygens (including phenoxy) is 2. The lowest BCUT2D eigenvalue weighted by Crippen LogP contribution is -2.35. The summed E-state index contributed by atoms with van der Waals surface area (Å²) in [5, 5.41) is 0. The standard InChI is InChI=1S/C15H19NO3/c16-11-6-7-12-10(8-11)9-18-13-4-2-1-3-5-14(13)19-15(12)17/h6-8,13-14H,1-5,9,16H2. The van der Waals surface area contributed by atoms with Crippen molar-refractivity contribution in [1.82, 2.24) is 0 Å². The first kappa shape index (κ1) is 12.5. The minimum absolute atomic E-state index is 0.0287. The lowest BCUT2D eigenvalue weighted by molar-refractivity contribution is -0.0670. The largest absolute Gasteiger partial charge is 0.456 e. The average molecular weight is 261 g/mol. The SMILES string of the molecule is Nc1ccc2c(c1)COC1CCCCCC1OC2=O. The maximum Gasteiger partial charge on any atom is 0.338 e. The van der Waals surface area contributed by atoms with Gasteiger partial charge in [-0.15, -0.1) is 0 Å². The molecule has 0 bridgehead atoms. The molecule has 102 valence electrons. The van der Waals surface area contributed by atoms with E-state index in [1.807, 2.05) is 0 Å². The van der Waals surface area contributed by atoms with Gasteiger partial charge in [-0.3, -0.25) is 0 Å². The number of benzene rings is 1. The van der Waals surface area contributed by atoms with Crippen LogP contribution in [0, 0.1) is 0 Å². The van der Waals surface area contributed by atoms with Crippen LogP contribution in [0.1, 0.15) is 48.0 Å². The molecule has 4 nitrogen and oxygen atoms in total. The van der Waals surface area contributed by atoms with Crippen LogP contribution in [0.2, 0.25) is 0 Å². The lowest BCUT2D eigenvalue weighted by atomic mass is 10.0. The van der Waals surface area contributed by atoms with Crippen molar-refractivity contribution in [3.63, 3.8) is 0 Å². The Morgan fingerprint density at radius 2 is 1.89 bits per heavy atom. The molecule has 1 fully saturated rings. The van der Waals surface area contributed by atoms with Crippen molar-refractivity contribution >= 4 is 11.7 Å². The fourth-order valence-corrected chi connectivity index (χ4v) is 2.90. The number of nitrogens with two attached hydrogens (primary N) is 1. The highest BCUT2D eigenvalue weighted by Crippen LogP contribution is 2.28. The number of rotatable bonds is 0. The predicted molar refractivity (Wildman–Crippen MR) is 71.7 cm³/mol. The van der Waals surface area contributed by atoms with E-state index in [1.165, 1.54) is 6.42 Å². The summed E-state index contributed by atoms with van der Waals surface area (Å²) < 4.78 is 11.6. The van der Waals surface area contributed by atoms with Crippen LogP contribution in [0.3, 0.4) is 0 Å². The molecule has 2 atom stereocenters. The summed E-state index contributed by atoms with van der Waals surface area (Å²) in [6.45, 7) is 0.441. The smallest absolute Gasteiger partial charge is 0.338 e. The third-order valence-electron chi connectivity index (χ3n) is 3.95. The second kappa shape index (κ2) is 5.21. The molecular formula is C15H19NO3. The molecule has 1 aliphatic heterocycles. The van der Waals surface area contributed by atoms with Gasteiger partial charge >= 0.3 is 5.97 Å². The van der Waals surface area contributed by atoms with Crippen LogP contribution >= 0.6 is 0 Å². The van der Waals surface area contributed by atoms with Gasteiger partial charge in [-0.1, -0.05) is 12.8 Å². The Labute approximate surface area is 112 Å². The molecule has 1 heterocycles. The van der Waals surface area contributed by atoms with E-state index in [0.29, 0.717) is 17.9 Å². The van der Waals surface area contributed by atoms with Crippen molar-refractivity contribution in [3.8, 4) is 0 Å². The fraction of sp³-hybridized carbons (Fsp3) is 0.533. The summed E-state index contributed by atoms with van der Waals surface area (Å²) in [6.07, 6.45) is 5.24. The molecule has 1 aromatic carbocycles. The van der Waals surface area contributed by atoms with Crippen LogP contribution in [0.5, 0.6) is 0 Å². The summed E-state index contributed by atoms with van der Waals surface area (Å²) in [6, 6.07) is 5.26. The Balaban J connectivity index is 1.90. The summed E-state index contributed by atoms with van der Waals surface area (Å²) in [5.41, 5.74) is 7.82. The van der Waals surface area contributed by atoms with Gasteiger partial charge in [0.25, 0.3) is 0 Å². The van der Waals surface area contributed by atoms with Gasteiger partial charge in [0.2, 0.25) is 0 Å². The third kappa shape index (κ3) is 2.59. The van der Waals surface area contributed by atoms with Gasteiger partial charge in [0.1, 0.15) is 6.10 Å². The zero-order valence-corrected chi connectivity index (χ0v) is 10.9. The monoisotopic (exact) mass is 261 g/mol. The molecule has 2 aliphatic rings. The van der Waals surface area contributed by atoms with Crippen molar-refractivity contribution in [2.24, 2.45) is 0 Å². The van der Waals surface area contributed by atoms with Crippen LogP contribution in [0.4, 0.5) is 5.69 Å². The number of carbonyl (C=O) groups is 1. The maximum absolute atomic E-state index is 12.2. The van der Waals surface area contributed by atoms with E-state index in [-0.39, 0.29) is 18.2 Å². The Morgan fingerprint density at radius 3 is 2.74 bits per heavy atom. The fourth-order valence-electron chi connectivity index (χ4n) is 2.90. The van der Waals surface area contributed by atoms with Gasteiger partial charge in [-0.25, -0.2) is 4.79 Å². The van der Waals surface area contributed by atoms with Gasteiger partial charge in [0.05, 0.1) is 18.3 Å². The maximum atomic E-state index is 12.2. The number of esters is 1. The minimum atomic E-state index is -0.241. The van der Waals surface area contributed by atoms with Gasteiger partial charge in [-0.2, -0.15) is 0 Å². The Kier molecular flexibility index (Phi) is 3.42. The predicted octanol–water partition coefficient (Wildman–Crippen LogP) is 2.66. The van der Waals surface area contributed by atoms with E-state index in [2.05, 4.69) is 0 Å². The lowest BCUT2D eigenvalue weighted by Gasteiger charge is -2.28. The number of hydrogen-bond donors (Lipinski definition) is 1. The van der Waals surface area contributed by atoms with Gasteiger partial charge in [0.15, 0.2) is 0 Å². The number of fused-ring (bicyclic) bond motifs is 2. The molecule has 0 radical (unpaired) electrons. The zero-order valence-electron chi connectivity index (χ0n) is 10.9. The zero-order chi connectivity index (χ0) is 13.2. The number of nitrogen functional groups attached to an aromatic ring is 1. The van der Waals surface area contributed by atoms with E-state index in [4.69, 9.17) is 15.2 Å². The summed E-state index contributed by atoms with van der Waals surface area (Å²) in [4.78, 5) is 12.2. The second-order valence-electron chi connectivity index (χ2n) is 5.35. The molecule has 0 aromatic heterocycles. The highest BCUT2D eigenvalue weighted by Gasteiger charge is 2.31. The molecule has 2 N–H and O–H groups in total. The first-order valence-corrected chi connectivity index (χ1v) is 6.95. The average Bonchev–Trinajstić information content (AvgIpc) is 2.60. The Morgan fingerprint density at radius 1 is 1.11 bits per heavy atom. The topological polar surface area (TPSA) is 61.6 Å². The van der Waals surface area contributed by atoms with Crippen molar-refractivity contribution in [1.29, 1.82) is 0 Å². The highest BCUT2D eigenvalue weighted by molar-refractivity contribution is 5.91. The number of anilines is 1. The molecule has 4 heteroatoms. The van der Waals surface area contributed by atoms with Crippen LogP contribution in [-0.4, -0.2) is 18.2 Å². The second-order valence-corrected chi connectivity index (χ2v) is 5.35. The van der Waals surface area contributed by atoms with Crippen LogP contribution in [0.15, 0.2) is 18.2 Å². The summed E-state index contributed by atoms with van der Waals surface area (Å²) >= 11 is 0. The highest BCUT2D eigenvalue weighted by atomic mass is 16.6. The molecular weight excluding hydrogens is 242 g/mol. The quantitative estimate of drug-likeness (QED) is 0.576. The van der Waals surface area contributed by atoms with E-state index in [1.54, 1.807) is 18.2 Å². The van der Waals surface area contributed by atoms with Gasteiger partial charge in [0, 0.05) is 5.69 Å². The molecule has 2 unspecified atom stereocenters. The van der Waals surface area contributed by atoms with Crippen molar-refractivity contribution in [2.45, 2.75) is 50.9 Å². The van der Waals surface area contributed by atoms with Crippen molar-refractivity contribution in [2.75, 3.05) is 5.73 Å². The molecule has 0 spiro atoms. The molecule has 0 saturated heterocycles. The van der Waals surface area contributed by atoms with E-state index >= 15 is 0 Å². The molecule has 0 amide bonds. The van der Waals surface area contributed by atoms with Gasteiger partial charge < -0.3 is 15.2 Å². The molecule has 1 saturated carbocycles. The number of carbonyl (C=O) groups excluding carboxylic acids is 1. The third-order valence-corrected chi connectivity index (χ3v) is 3.95.